The number of nitrogens with zero attached hydrogens (tertiary/aromatic N) is 2. The summed E-state index contributed by atoms with van der Waals surface area (Å²) >= 11 is 1.65. The van der Waals surface area contributed by atoms with Gasteiger partial charge >= 0.3 is 0 Å². The van der Waals surface area contributed by atoms with Gasteiger partial charge in [-0.1, -0.05) is 24.6 Å². The van der Waals surface area contributed by atoms with E-state index in [2.05, 4.69) is 9.97 Å². The summed E-state index contributed by atoms with van der Waals surface area (Å²) in [6.45, 7) is 0. The molecule has 1 N–H and O–H groups in total. The van der Waals surface area contributed by atoms with Gasteiger partial charge in [0.15, 0.2) is 0 Å². The molecule has 2 atom stereocenters. The molecular formula is C10H14N2OS. The molecule has 0 spiro atoms. The molecule has 0 saturated heterocycles. The van der Waals surface area contributed by atoms with E-state index < -0.39 is 0 Å². The van der Waals surface area contributed by atoms with Gasteiger partial charge in [0.25, 0.3) is 0 Å². The molecule has 1 aromatic rings. The SMILES string of the molecule is O[C@H]1CCCC[C@@H]1Sc1cnccn1. The summed E-state index contributed by atoms with van der Waals surface area (Å²) < 4.78 is 0. The third-order valence-corrected chi connectivity index (χ3v) is 3.78. The molecule has 1 heterocycles. The Bertz CT molecular complexity index is 281. The second-order valence-corrected chi connectivity index (χ2v) is 4.81. The molecular weight excluding hydrogens is 196 g/mol. The van der Waals surface area contributed by atoms with Gasteiger partial charge in [-0.25, -0.2) is 4.98 Å². The fourth-order valence-electron chi connectivity index (χ4n) is 1.72. The molecule has 14 heavy (non-hydrogen) atoms. The summed E-state index contributed by atoms with van der Waals surface area (Å²) in [5.41, 5.74) is 0. The van der Waals surface area contributed by atoms with Crippen molar-refractivity contribution in [1.29, 1.82) is 0 Å². The minimum Gasteiger partial charge on any atom is -0.392 e. The summed E-state index contributed by atoms with van der Waals surface area (Å²) in [4.78, 5) is 8.21. The van der Waals surface area contributed by atoms with Gasteiger partial charge in [-0.3, -0.25) is 4.98 Å². The highest BCUT2D eigenvalue weighted by Gasteiger charge is 2.24. The zero-order chi connectivity index (χ0) is 9.80. The Morgan fingerprint density at radius 2 is 2.14 bits per heavy atom. The smallest absolute Gasteiger partial charge is 0.115 e. The number of hydrogen-bond acceptors (Lipinski definition) is 4. The minimum atomic E-state index is -0.171. The number of aromatic nitrogens is 2. The van der Waals surface area contributed by atoms with Crippen molar-refractivity contribution in [3.05, 3.63) is 18.6 Å². The van der Waals surface area contributed by atoms with Gasteiger partial charge in [-0.15, -0.1) is 0 Å². The predicted molar refractivity (Wildman–Crippen MR) is 56.2 cm³/mol. The van der Waals surface area contributed by atoms with Crippen LogP contribution in [-0.2, 0) is 0 Å². The Balaban J connectivity index is 1.96. The first-order valence-corrected chi connectivity index (χ1v) is 5.85. The van der Waals surface area contributed by atoms with E-state index in [1.807, 2.05) is 0 Å². The van der Waals surface area contributed by atoms with Gasteiger partial charge in [0.05, 0.1) is 12.3 Å². The Morgan fingerprint density at radius 1 is 1.29 bits per heavy atom. The number of hydrogen-bond donors (Lipinski definition) is 1. The van der Waals surface area contributed by atoms with Crippen molar-refractivity contribution in [1.82, 2.24) is 9.97 Å². The Hall–Kier alpha value is -0.610. The van der Waals surface area contributed by atoms with Crippen molar-refractivity contribution < 1.29 is 5.11 Å². The van der Waals surface area contributed by atoms with Crippen LogP contribution in [0.3, 0.4) is 0 Å². The van der Waals surface area contributed by atoms with Crippen LogP contribution in [0.1, 0.15) is 25.7 Å². The third-order valence-electron chi connectivity index (χ3n) is 2.48. The van der Waals surface area contributed by atoms with Gasteiger partial charge in [-0.05, 0) is 12.8 Å². The molecule has 1 fully saturated rings. The van der Waals surface area contributed by atoms with E-state index in [-0.39, 0.29) is 6.10 Å². The van der Waals surface area contributed by atoms with Gasteiger partial charge < -0.3 is 5.11 Å². The summed E-state index contributed by atoms with van der Waals surface area (Å²) in [5.74, 6) is 0. The van der Waals surface area contributed by atoms with Gasteiger partial charge in [0.2, 0.25) is 0 Å². The number of rotatable bonds is 2. The van der Waals surface area contributed by atoms with Crippen LogP contribution >= 0.6 is 11.8 Å². The van der Waals surface area contributed by atoms with Crippen molar-refractivity contribution in [3.63, 3.8) is 0 Å². The first-order valence-electron chi connectivity index (χ1n) is 4.97. The van der Waals surface area contributed by atoms with Crippen LogP contribution in [-0.4, -0.2) is 26.4 Å². The van der Waals surface area contributed by atoms with Crippen LogP contribution in [0.4, 0.5) is 0 Å². The first-order chi connectivity index (χ1) is 6.86. The quantitative estimate of drug-likeness (QED) is 0.809. The number of thioether (sulfide) groups is 1. The molecule has 0 amide bonds. The van der Waals surface area contributed by atoms with E-state index in [9.17, 15) is 5.11 Å². The normalized spacial score (nSPS) is 27.5. The molecule has 1 saturated carbocycles. The highest BCUT2D eigenvalue weighted by molar-refractivity contribution is 7.99. The molecule has 0 unspecified atom stereocenters. The van der Waals surface area contributed by atoms with Gasteiger partial charge in [0, 0.05) is 17.6 Å². The van der Waals surface area contributed by atoms with Crippen LogP contribution in [0, 0.1) is 0 Å². The molecule has 0 aromatic carbocycles. The van der Waals surface area contributed by atoms with E-state index in [0.29, 0.717) is 5.25 Å². The highest BCUT2D eigenvalue weighted by Crippen LogP contribution is 2.32. The van der Waals surface area contributed by atoms with Crippen molar-refractivity contribution in [2.24, 2.45) is 0 Å². The molecule has 2 rings (SSSR count). The zero-order valence-electron chi connectivity index (χ0n) is 7.97. The van der Waals surface area contributed by atoms with Crippen LogP contribution in [0.25, 0.3) is 0 Å². The van der Waals surface area contributed by atoms with E-state index >= 15 is 0 Å². The molecule has 1 aliphatic carbocycles. The summed E-state index contributed by atoms with van der Waals surface area (Å²) in [7, 11) is 0. The van der Waals surface area contributed by atoms with E-state index in [1.54, 1.807) is 30.4 Å². The Morgan fingerprint density at radius 3 is 2.86 bits per heavy atom. The van der Waals surface area contributed by atoms with Crippen molar-refractivity contribution in [2.45, 2.75) is 42.1 Å². The lowest BCUT2D eigenvalue weighted by molar-refractivity contribution is 0.137. The van der Waals surface area contributed by atoms with E-state index in [0.717, 1.165) is 24.3 Å². The van der Waals surface area contributed by atoms with Crippen molar-refractivity contribution in [2.75, 3.05) is 0 Å². The average Bonchev–Trinajstić information content (AvgIpc) is 2.23. The summed E-state index contributed by atoms with van der Waals surface area (Å²) in [5, 5.41) is 11.0. The van der Waals surface area contributed by atoms with E-state index in [1.165, 1.54) is 6.42 Å². The lowest BCUT2D eigenvalue weighted by atomic mass is 9.97. The first kappa shape index (κ1) is 9.93. The van der Waals surface area contributed by atoms with E-state index in [4.69, 9.17) is 0 Å². The maximum absolute atomic E-state index is 9.76. The predicted octanol–water partition coefficient (Wildman–Crippen LogP) is 1.87. The van der Waals surface area contributed by atoms with Crippen LogP contribution in [0.5, 0.6) is 0 Å². The topological polar surface area (TPSA) is 46.0 Å². The van der Waals surface area contributed by atoms with Gasteiger partial charge in [-0.2, -0.15) is 0 Å². The fourth-order valence-corrected chi connectivity index (χ4v) is 2.85. The largest absolute Gasteiger partial charge is 0.392 e. The monoisotopic (exact) mass is 210 g/mol. The van der Waals surface area contributed by atoms with Crippen LogP contribution in [0.15, 0.2) is 23.6 Å². The molecule has 4 heteroatoms. The minimum absolute atomic E-state index is 0.171. The highest BCUT2D eigenvalue weighted by atomic mass is 32.2. The summed E-state index contributed by atoms with van der Waals surface area (Å²) in [6, 6.07) is 0. The zero-order valence-corrected chi connectivity index (χ0v) is 8.78. The van der Waals surface area contributed by atoms with Crippen LogP contribution < -0.4 is 0 Å². The number of aliphatic hydroxyl groups excluding tert-OH is 1. The maximum atomic E-state index is 9.76. The lowest BCUT2D eigenvalue weighted by Gasteiger charge is -2.26. The van der Waals surface area contributed by atoms with Gasteiger partial charge in [0.1, 0.15) is 5.03 Å². The van der Waals surface area contributed by atoms with Crippen molar-refractivity contribution in [3.8, 4) is 0 Å². The molecule has 1 aliphatic rings. The fraction of sp³-hybridized carbons (Fsp3) is 0.600. The lowest BCUT2D eigenvalue weighted by Crippen LogP contribution is -2.26. The third kappa shape index (κ3) is 2.45. The molecule has 76 valence electrons. The summed E-state index contributed by atoms with van der Waals surface area (Å²) in [6.07, 6.45) is 9.33. The van der Waals surface area contributed by atoms with Crippen molar-refractivity contribution >= 4 is 11.8 Å². The second kappa shape index (κ2) is 4.75. The average molecular weight is 210 g/mol. The second-order valence-electron chi connectivity index (χ2n) is 3.55. The molecule has 0 aliphatic heterocycles. The molecule has 3 nitrogen and oxygen atoms in total. The van der Waals surface area contributed by atoms with Crippen LogP contribution in [0.2, 0.25) is 0 Å². The molecule has 0 radical (unpaired) electrons. The Kier molecular flexibility index (Phi) is 3.37. The Labute approximate surface area is 88.0 Å². The standard InChI is InChI=1S/C10H14N2OS/c13-8-3-1-2-4-9(8)14-10-7-11-5-6-12-10/h5-9,13H,1-4H2/t8-,9-/m0/s1. The molecule has 0 bridgehead atoms. The maximum Gasteiger partial charge on any atom is 0.115 e. The number of aliphatic hydroxyl groups is 1. The molecule has 1 aromatic heterocycles.